The number of aliphatic hydroxyl groups excluding tert-OH is 1. The molecule has 0 aliphatic carbocycles. The lowest BCUT2D eigenvalue weighted by atomic mass is 10.3. The maximum atomic E-state index is 9.57. The molecule has 0 aliphatic heterocycles. The molecule has 0 bridgehead atoms. The van der Waals surface area contributed by atoms with Gasteiger partial charge in [0.1, 0.15) is 0 Å². The van der Waals surface area contributed by atoms with Crippen molar-refractivity contribution in [3.63, 3.8) is 0 Å². The van der Waals surface area contributed by atoms with Crippen molar-refractivity contribution >= 4 is 0 Å². The Bertz CT molecular complexity index is 267. The number of nitrogens with one attached hydrogen (secondary N) is 1. The van der Waals surface area contributed by atoms with Crippen LogP contribution in [0.15, 0.2) is 10.9 Å². The van der Waals surface area contributed by atoms with Crippen molar-refractivity contribution in [2.45, 2.75) is 32.3 Å². The van der Waals surface area contributed by atoms with Crippen molar-refractivity contribution in [3.05, 3.63) is 12.2 Å². The zero-order valence-electron chi connectivity index (χ0n) is 10.3. The van der Waals surface area contributed by atoms with Crippen molar-refractivity contribution in [2.75, 3.05) is 26.3 Å². The molecule has 0 saturated heterocycles. The van der Waals surface area contributed by atoms with Gasteiger partial charge in [0.15, 0.2) is 6.33 Å². The van der Waals surface area contributed by atoms with E-state index >= 15 is 0 Å². The number of aromatic nitrogens is 2. The Morgan fingerprint density at radius 1 is 1.59 bits per heavy atom. The van der Waals surface area contributed by atoms with E-state index in [1.807, 2.05) is 0 Å². The summed E-state index contributed by atoms with van der Waals surface area (Å²) in [6.07, 6.45) is 3.74. The van der Waals surface area contributed by atoms with E-state index in [2.05, 4.69) is 22.4 Å². The third kappa shape index (κ3) is 7.04. The first-order valence-electron chi connectivity index (χ1n) is 6.05. The molecule has 0 amide bonds. The Morgan fingerprint density at radius 3 is 3.18 bits per heavy atom. The highest BCUT2D eigenvalue weighted by Crippen LogP contribution is 1.92. The van der Waals surface area contributed by atoms with Crippen LogP contribution < -0.4 is 5.32 Å². The largest absolute Gasteiger partial charge is 0.389 e. The van der Waals surface area contributed by atoms with Crippen molar-refractivity contribution in [1.82, 2.24) is 15.5 Å². The van der Waals surface area contributed by atoms with Crippen LogP contribution in [0.25, 0.3) is 0 Å². The predicted octanol–water partition coefficient (Wildman–Crippen LogP) is 0.379. The summed E-state index contributed by atoms with van der Waals surface area (Å²) in [6, 6.07) is 0. The monoisotopic (exact) mass is 243 g/mol. The standard InChI is InChI=1S/C11H21N3O3/c1-2-3-6-16-8-10(15)7-12-5-4-11-13-9-14-17-11/h9-10,12,15H,2-8H2,1H3. The zero-order chi connectivity index (χ0) is 12.3. The molecule has 0 radical (unpaired) electrons. The minimum Gasteiger partial charge on any atom is -0.389 e. The number of ether oxygens (including phenoxy) is 1. The van der Waals surface area contributed by atoms with Crippen LogP contribution >= 0.6 is 0 Å². The van der Waals surface area contributed by atoms with Gasteiger partial charge in [-0.3, -0.25) is 0 Å². The van der Waals surface area contributed by atoms with Gasteiger partial charge in [0.05, 0.1) is 12.7 Å². The molecular weight excluding hydrogens is 222 g/mol. The molecule has 6 nitrogen and oxygen atoms in total. The van der Waals surface area contributed by atoms with E-state index in [1.165, 1.54) is 6.33 Å². The zero-order valence-corrected chi connectivity index (χ0v) is 10.3. The average Bonchev–Trinajstić information content (AvgIpc) is 2.83. The molecule has 0 saturated carbocycles. The van der Waals surface area contributed by atoms with Crippen LogP contribution in [0.2, 0.25) is 0 Å². The SMILES string of the molecule is CCCCOCC(O)CNCCc1ncno1. The summed E-state index contributed by atoms with van der Waals surface area (Å²) in [5, 5.41) is 16.2. The molecule has 0 fully saturated rings. The molecule has 1 aromatic heterocycles. The van der Waals surface area contributed by atoms with Gasteiger partial charge in [-0.1, -0.05) is 18.5 Å². The second kappa shape index (κ2) is 9.09. The highest BCUT2D eigenvalue weighted by Gasteiger charge is 2.04. The molecule has 0 spiro atoms. The Morgan fingerprint density at radius 2 is 2.47 bits per heavy atom. The van der Waals surface area contributed by atoms with E-state index in [0.29, 0.717) is 32.0 Å². The van der Waals surface area contributed by atoms with Crippen molar-refractivity contribution < 1.29 is 14.4 Å². The number of hydrogen-bond donors (Lipinski definition) is 2. The van der Waals surface area contributed by atoms with E-state index in [9.17, 15) is 5.11 Å². The lowest BCUT2D eigenvalue weighted by molar-refractivity contribution is 0.0360. The number of nitrogens with zero attached hydrogens (tertiary/aromatic N) is 2. The molecule has 1 heterocycles. The summed E-state index contributed by atoms with van der Waals surface area (Å²) in [5.74, 6) is 0.603. The van der Waals surface area contributed by atoms with Gasteiger partial charge < -0.3 is 19.7 Å². The third-order valence-electron chi connectivity index (χ3n) is 2.26. The maximum Gasteiger partial charge on any atom is 0.227 e. The molecule has 2 N–H and O–H groups in total. The average molecular weight is 243 g/mol. The van der Waals surface area contributed by atoms with Gasteiger partial charge >= 0.3 is 0 Å². The van der Waals surface area contributed by atoms with Crippen molar-refractivity contribution in [2.24, 2.45) is 0 Å². The summed E-state index contributed by atoms with van der Waals surface area (Å²) >= 11 is 0. The lowest BCUT2D eigenvalue weighted by Gasteiger charge is -2.11. The van der Waals surface area contributed by atoms with E-state index in [0.717, 1.165) is 19.4 Å². The first-order valence-corrected chi connectivity index (χ1v) is 6.05. The van der Waals surface area contributed by atoms with Gasteiger partial charge in [-0.25, -0.2) is 0 Å². The summed E-state index contributed by atoms with van der Waals surface area (Å²) < 4.78 is 10.2. The van der Waals surface area contributed by atoms with E-state index in [1.54, 1.807) is 0 Å². The van der Waals surface area contributed by atoms with E-state index in [-0.39, 0.29) is 0 Å². The number of rotatable bonds is 10. The van der Waals surface area contributed by atoms with Crippen LogP contribution in [0.4, 0.5) is 0 Å². The quantitative estimate of drug-likeness (QED) is 0.578. The van der Waals surface area contributed by atoms with Gasteiger partial charge in [0.2, 0.25) is 5.89 Å². The third-order valence-corrected chi connectivity index (χ3v) is 2.26. The fourth-order valence-electron chi connectivity index (χ4n) is 1.29. The van der Waals surface area contributed by atoms with Crippen LogP contribution in [0.3, 0.4) is 0 Å². The molecular formula is C11H21N3O3. The van der Waals surface area contributed by atoms with Crippen molar-refractivity contribution in [1.29, 1.82) is 0 Å². The summed E-state index contributed by atoms with van der Waals surface area (Å²) in [7, 11) is 0. The van der Waals surface area contributed by atoms with Gasteiger partial charge in [-0.05, 0) is 6.42 Å². The Hall–Kier alpha value is -0.980. The normalized spacial score (nSPS) is 12.8. The van der Waals surface area contributed by atoms with E-state index in [4.69, 9.17) is 9.26 Å². The number of unbranched alkanes of at least 4 members (excludes halogenated alkanes) is 1. The minimum absolute atomic E-state index is 0.382. The first-order chi connectivity index (χ1) is 8.33. The summed E-state index contributed by atoms with van der Waals surface area (Å²) in [4.78, 5) is 3.90. The van der Waals surface area contributed by atoms with Gasteiger partial charge in [0.25, 0.3) is 0 Å². The topological polar surface area (TPSA) is 80.4 Å². The van der Waals surface area contributed by atoms with Crippen LogP contribution in [0, 0.1) is 0 Å². The molecule has 98 valence electrons. The van der Waals surface area contributed by atoms with Crippen LogP contribution in [-0.4, -0.2) is 47.7 Å². The highest BCUT2D eigenvalue weighted by molar-refractivity contribution is 4.75. The Balaban J connectivity index is 1.91. The summed E-state index contributed by atoms with van der Waals surface area (Å²) in [6.45, 7) is 4.43. The second-order valence-corrected chi connectivity index (χ2v) is 3.87. The molecule has 17 heavy (non-hydrogen) atoms. The molecule has 0 aliphatic rings. The van der Waals surface area contributed by atoms with Crippen molar-refractivity contribution in [3.8, 4) is 0 Å². The second-order valence-electron chi connectivity index (χ2n) is 3.87. The lowest BCUT2D eigenvalue weighted by Crippen LogP contribution is -2.31. The fourth-order valence-corrected chi connectivity index (χ4v) is 1.29. The number of aliphatic hydroxyl groups is 1. The van der Waals surface area contributed by atoms with Crippen LogP contribution in [0.5, 0.6) is 0 Å². The summed E-state index contributed by atoms with van der Waals surface area (Å²) in [5.41, 5.74) is 0. The maximum absolute atomic E-state index is 9.57. The Labute approximate surface area is 101 Å². The molecule has 1 unspecified atom stereocenters. The molecule has 6 heteroatoms. The van der Waals surface area contributed by atoms with Gasteiger partial charge in [0, 0.05) is 26.1 Å². The molecule has 1 aromatic rings. The molecule has 1 rings (SSSR count). The minimum atomic E-state index is -0.463. The van der Waals surface area contributed by atoms with Gasteiger partial charge in [-0.15, -0.1) is 0 Å². The Kier molecular flexibility index (Phi) is 7.53. The van der Waals surface area contributed by atoms with Crippen LogP contribution in [0.1, 0.15) is 25.7 Å². The van der Waals surface area contributed by atoms with E-state index < -0.39 is 6.10 Å². The first kappa shape index (κ1) is 14.1. The predicted molar refractivity (Wildman–Crippen MR) is 62.6 cm³/mol. The van der Waals surface area contributed by atoms with Crippen LogP contribution in [-0.2, 0) is 11.2 Å². The smallest absolute Gasteiger partial charge is 0.227 e. The molecule has 1 atom stereocenters. The fraction of sp³-hybridized carbons (Fsp3) is 0.818. The van der Waals surface area contributed by atoms with Gasteiger partial charge in [-0.2, -0.15) is 4.98 Å². The highest BCUT2D eigenvalue weighted by atomic mass is 16.5. The molecule has 0 aromatic carbocycles. The number of hydrogen-bond acceptors (Lipinski definition) is 6.